The molecule has 12 rings (SSSR count). The van der Waals surface area contributed by atoms with Crippen molar-refractivity contribution in [2.24, 2.45) is 0 Å². The Labute approximate surface area is 429 Å². The van der Waals surface area contributed by atoms with Crippen LogP contribution in [0.3, 0.4) is 0 Å². The van der Waals surface area contributed by atoms with Crippen LogP contribution in [0, 0.1) is 0 Å². The quantitative estimate of drug-likeness (QED) is 0.118. The second-order valence-electron chi connectivity index (χ2n) is 18.6. The van der Waals surface area contributed by atoms with E-state index in [1.54, 1.807) is 0 Å². The summed E-state index contributed by atoms with van der Waals surface area (Å²) in [5.74, 6) is 0. The Hall–Kier alpha value is -9.56. The van der Waals surface area contributed by atoms with Crippen LogP contribution in [-0.2, 0) is 0 Å². The lowest BCUT2D eigenvalue weighted by Gasteiger charge is -2.26. The molecule has 0 heterocycles. The normalized spacial score (nSPS) is 11.0. The van der Waals surface area contributed by atoms with E-state index in [-0.39, 0.29) is 0 Å². The molecule has 12 aromatic carbocycles. The summed E-state index contributed by atoms with van der Waals surface area (Å²) in [5, 5.41) is 0. The Morgan fingerprint density at radius 2 is 0.274 bits per heavy atom. The third kappa shape index (κ3) is 9.82. The van der Waals surface area contributed by atoms with Gasteiger partial charge in [-0.3, -0.25) is 0 Å². The summed E-state index contributed by atoms with van der Waals surface area (Å²) in [5.41, 5.74) is 24.7. The Bertz CT molecular complexity index is 3400. The molecule has 0 N–H and O–H groups in total. The van der Waals surface area contributed by atoms with Gasteiger partial charge in [0.25, 0.3) is 0 Å². The molecule has 0 fully saturated rings. The zero-order valence-corrected chi connectivity index (χ0v) is 40.4. The van der Waals surface area contributed by atoms with E-state index in [1.807, 2.05) is 0 Å². The Balaban J connectivity index is 0.863. The summed E-state index contributed by atoms with van der Waals surface area (Å²) < 4.78 is 0. The predicted octanol–water partition coefficient (Wildman–Crippen LogP) is 20.2. The summed E-state index contributed by atoms with van der Waals surface area (Å²) in [6, 6.07) is 112. The molecule has 0 aliphatic carbocycles. The third-order valence-electron chi connectivity index (χ3n) is 13.9. The molecule has 344 valence electrons. The van der Waals surface area contributed by atoms with Gasteiger partial charge in [0.15, 0.2) is 0 Å². The summed E-state index contributed by atoms with van der Waals surface area (Å²) in [7, 11) is 0. The van der Waals surface area contributed by atoms with Crippen molar-refractivity contribution in [3.05, 3.63) is 309 Å². The van der Waals surface area contributed by atoms with Crippen molar-refractivity contribution in [2.75, 3.05) is 4.90 Å². The van der Waals surface area contributed by atoms with Crippen molar-refractivity contribution in [3.8, 4) is 100 Å². The molecular formula is C72H51N. The monoisotopic (exact) mass is 929 g/mol. The van der Waals surface area contributed by atoms with E-state index in [4.69, 9.17) is 0 Å². The van der Waals surface area contributed by atoms with Gasteiger partial charge in [-0.1, -0.05) is 237 Å². The highest BCUT2D eigenvalue weighted by Gasteiger charge is 2.15. The van der Waals surface area contributed by atoms with Crippen LogP contribution < -0.4 is 4.90 Å². The van der Waals surface area contributed by atoms with Crippen molar-refractivity contribution in [1.29, 1.82) is 0 Å². The van der Waals surface area contributed by atoms with Gasteiger partial charge in [-0.2, -0.15) is 0 Å². The molecule has 0 spiro atoms. The van der Waals surface area contributed by atoms with E-state index in [0.29, 0.717) is 0 Å². The summed E-state index contributed by atoms with van der Waals surface area (Å²) in [4.78, 5) is 2.36. The van der Waals surface area contributed by atoms with Gasteiger partial charge in [0.05, 0.1) is 0 Å². The van der Waals surface area contributed by atoms with E-state index in [1.165, 1.54) is 100 Å². The van der Waals surface area contributed by atoms with Crippen LogP contribution in [0.5, 0.6) is 0 Å². The summed E-state index contributed by atoms with van der Waals surface area (Å²) in [6.07, 6.45) is 0. The molecule has 0 radical (unpaired) electrons. The fourth-order valence-electron chi connectivity index (χ4n) is 10.0. The molecule has 0 atom stereocenters. The molecule has 0 amide bonds. The third-order valence-corrected chi connectivity index (χ3v) is 13.9. The van der Waals surface area contributed by atoms with E-state index in [2.05, 4.69) is 314 Å². The zero-order chi connectivity index (χ0) is 48.8. The molecule has 1 heteroatoms. The molecule has 12 aromatic rings. The summed E-state index contributed by atoms with van der Waals surface area (Å²) in [6.45, 7) is 0. The molecule has 0 unspecified atom stereocenters. The Morgan fingerprint density at radius 3 is 0.466 bits per heavy atom. The SMILES string of the molecule is c1ccc(-c2cccc(-c3cccc(-c4ccc(N(c5ccc(-c6cccc(-c7cccc(-c8ccccc8)c7)c6)cc5)c5ccc(-c6cccc(-c7cccc(-c8ccccc8)c7)c6)cc5)cc4)c3)c2)cc1. The topological polar surface area (TPSA) is 3.24 Å². The lowest BCUT2D eigenvalue weighted by atomic mass is 9.95. The van der Waals surface area contributed by atoms with Crippen LogP contribution in [0.15, 0.2) is 309 Å². The second-order valence-corrected chi connectivity index (χ2v) is 18.6. The number of anilines is 3. The number of hydrogen-bond acceptors (Lipinski definition) is 1. The van der Waals surface area contributed by atoms with Gasteiger partial charge >= 0.3 is 0 Å². The molecular weight excluding hydrogens is 879 g/mol. The molecule has 73 heavy (non-hydrogen) atoms. The molecule has 0 saturated carbocycles. The number of rotatable bonds is 12. The van der Waals surface area contributed by atoms with Crippen molar-refractivity contribution >= 4 is 17.1 Å². The Morgan fingerprint density at radius 1 is 0.123 bits per heavy atom. The summed E-state index contributed by atoms with van der Waals surface area (Å²) >= 11 is 0. The van der Waals surface area contributed by atoms with Crippen LogP contribution in [0.25, 0.3) is 100 Å². The number of nitrogens with zero attached hydrogens (tertiary/aromatic N) is 1. The smallest absolute Gasteiger partial charge is 0.0462 e. The van der Waals surface area contributed by atoms with Gasteiger partial charge in [0, 0.05) is 17.1 Å². The van der Waals surface area contributed by atoms with Gasteiger partial charge in [-0.05, 0) is 173 Å². The highest BCUT2D eigenvalue weighted by atomic mass is 15.1. The average Bonchev–Trinajstić information content (AvgIpc) is 3.49. The first-order valence-electron chi connectivity index (χ1n) is 25.0. The van der Waals surface area contributed by atoms with Gasteiger partial charge in [-0.15, -0.1) is 0 Å². The van der Waals surface area contributed by atoms with E-state index < -0.39 is 0 Å². The van der Waals surface area contributed by atoms with Crippen LogP contribution >= 0.6 is 0 Å². The van der Waals surface area contributed by atoms with Crippen molar-refractivity contribution in [1.82, 2.24) is 0 Å². The van der Waals surface area contributed by atoms with Crippen molar-refractivity contribution in [2.45, 2.75) is 0 Å². The average molecular weight is 930 g/mol. The van der Waals surface area contributed by atoms with Crippen molar-refractivity contribution < 1.29 is 0 Å². The first-order valence-corrected chi connectivity index (χ1v) is 25.0. The van der Waals surface area contributed by atoms with Crippen LogP contribution in [0.4, 0.5) is 17.1 Å². The van der Waals surface area contributed by atoms with Gasteiger partial charge in [-0.25, -0.2) is 0 Å². The van der Waals surface area contributed by atoms with Gasteiger partial charge < -0.3 is 4.90 Å². The van der Waals surface area contributed by atoms with Crippen LogP contribution in [0.1, 0.15) is 0 Å². The zero-order valence-electron chi connectivity index (χ0n) is 40.4. The first-order chi connectivity index (χ1) is 36.1. The first kappa shape index (κ1) is 44.6. The number of hydrogen-bond donors (Lipinski definition) is 0. The molecule has 0 aliphatic heterocycles. The predicted molar refractivity (Wildman–Crippen MR) is 310 cm³/mol. The maximum absolute atomic E-state index is 2.36. The fraction of sp³-hybridized carbons (Fsp3) is 0. The second kappa shape index (κ2) is 20.4. The fourth-order valence-corrected chi connectivity index (χ4v) is 10.0. The van der Waals surface area contributed by atoms with E-state index in [0.717, 1.165) is 17.1 Å². The molecule has 0 aliphatic rings. The number of benzene rings is 12. The van der Waals surface area contributed by atoms with Gasteiger partial charge in [0.1, 0.15) is 0 Å². The van der Waals surface area contributed by atoms with Gasteiger partial charge in [0.2, 0.25) is 0 Å². The molecule has 0 bridgehead atoms. The van der Waals surface area contributed by atoms with E-state index >= 15 is 0 Å². The maximum atomic E-state index is 2.36. The standard InChI is InChI=1S/C72H51N/c1-4-16-52(17-5-1)58-22-10-28-64(46-58)67-31-13-25-61(49-67)55-34-40-70(41-35-55)73(71-42-36-56(37-43-71)62-26-14-32-68(50-62)65-29-11-23-59(47-65)53-18-6-2-7-19-53)72-44-38-57(39-45-72)63-27-15-33-69(51-63)66-30-12-24-60(48-66)54-20-8-3-9-21-54/h1-51H. The lowest BCUT2D eigenvalue weighted by Crippen LogP contribution is -2.09. The maximum Gasteiger partial charge on any atom is 0.0462 e. The lowest BCUT2D eigenvalue weighted by molar-refractivity contribution is 1.28. The largest absolute Gasteiger partial charge is 0.311 e. The highest BCUT2D eigenvalue weighted by Crippen LogP contribution is 2.40. The molecule has 0 aromatic heterocycles. The Kier molecular flexibility index (Phi) is 12.5. The minimum absolute atomic E-state index is 1.08. The molecule has 0 saturated heterocycles. The van der Waals surface area contributed by atoms with Crippen LogP contribution in [0.2, 0.25) is 0 Å². The minimum Gasteiger partial charge on any atom is -0.311 e. The highest BCUT2D eigenvalue weighted by molar-refractivity contribution is 5.84. The van der Waals surface area contributed by atoms with Crippen LogP contribution in [-0.4, -0.2) is 0 Å². The van der Waals surface area contributed by atoms with E-state index in [9.17, 15) is 0 Å². The minimum atomic E-state index is 1.08. The molecule has 1 nitrogen and oxygen atoms in total. The van der Waals surface area contributed by atoms with Crippen molar-refractivity contribution in [3.63, 3.8) is 0 Å².